The zero-order valence-electron chi connectivity index (χ0n) is 5.84. The van der Waals surface area contributed by atoms with Gasteiger partial charge < -0.3 is 10.2 Å². The van der Waals surface area contributed by atoms with Crippen molar-refractivity contribution >= 4 is 0 Å². The van der Waals surface area contributed by atoms with Crippen LogP contribution in [0.25, 0.3) is 0 Å². The number of rotatable bonds is 0. The quantitative estimate of drug-likeness (QED) is 0.590. The van der Waals surface area contributed by atoms with Gasteiger partial charge in [-0.1, -0.05) is 0 Å². The van der Waals surface area contributed by atoms with E-state index in [2.05, 4.69) is 0 Å². The number of aryl methyl sites for hydroxylation is 1. The highest BCUT2D eigenvalue weighted by molar-refractivity contribution is 5.23. The molecule has 0 unspecified atom stereocenters. The van der Waals surface area contributed by atoms with Crippen LogP contribution in [0.3, 0.4) is 0 Å². The lowest BCUT2D eigenvalue weighted by Gasteiger charge is -2.16. The van der Waals surface area contributed by atoms with E-state index in [-0.39, 0.29) is 6.04 Å². The van der Waals surface area contributed by atoms with Crippen molar-refractivity contribution in [1.29, 1.82) is 0 Å². The van der Waals surface area contributed by atoms with Gasteiger partial charge in [-0.2, -0.15) is 0 Å². The molecule has 2 heteroatoms. The van der Waals surface area contributed by atoms with Gasteiger partial charge in [0.1, 0.15) is 5.76 Å². The van der Waals surface area contributed by atoms with Crippen molar-refractivity contribution in [3.63, 3.8) is 0 Å². The minimum Gasteiger partial charge on any atom is -0.469 e. The third-order valence-electron chi connectivity index (χ3n) is 2.10. The molecule has 1 aromatic heterocycles. The van der Waals surface area contributed by atoms with E-state index in [9.17, 15) is 0 Å². The Balaban J connectivity index is 2.41. The predicted octanol–water partition coefficient (Wildman–Crippen LogP) is 1.62. The topological polar surface area (TPSA) is 39.2 Å². The van der Waals surface area contributed by atoms with E-state index in [0.29, 0.717) is 0 Å². The van der Waals surface area contributed by atoms with E-state index in [4.69, 9.17) is 10.2 Å². The Morgan fingerprint density at radius 3 is 3.30 bits per heavy atom. The highest BCUT2D eigenvalue weighted by Gasteiger charge is 2.18. The predicted molar refractivity (Wildman–Crippen MR) is 38.6 cm³/mol. The Labute approximate surface area is 60.0 Å². The molecule has 2 N–H and O–H groups in total. The second kappa shape index (κ2) is 2.13. The summed E-state index contributed by atoms with van der Waals surface area (Å²) in [6.07, 6.45) is 5.07. The summed E-state index contributed by atoms with van der Waals surface area (Å²) in [5.41, 5.74) is 7.04. The minimum atomic E-state index is 0.225. The van der Waals surface area contributed by atoms with Crippen molar-refractivity contribution < 1.29 is 4.42 Å². The first-order chi connectivity index (χ1) is 4.88. The van der Waals surface area contributed by atoms with Crippen molar-refractivity contribution in [2.24, 2.45) is 5.73 Å². The molecule has 0 saturated heterocycles. The Bertz CT molecular complexity index is 229. The average molecular weight is 137 g/mol. The van der Waals surface area contributed by atoms with Crippen LogP contribution in [-0.4, -0.2) is 0 Å². The van der Waals surface area contributed by atoms with Gasteiger partial charge in [0, 0.05) is 18.0 Å². The standard InChI is InChI=1S/C8H11NO/c9-7-2-1-3-8-6(7)4-5-10-8/h4-5,7H,1-3,9H2/t7-/m0/s1. The lowest BCUT2D eigenvalue weighted by Crippen LogP contribution is -2.15. The van der Waals surface area contributed by atoms with E-state index in [1.165, 1.54) is 12.0 Å². The first-order valence-electron chi connectivity index (χ1n) is 3.70. The van der Waals surface area contributed by atoms with Gasteiger partial charge >= 0.3 is 0 Å². The summed E-state index contributed by atoms with van der Waals surface area (Å²) >= 11 is 0. The second-order valence-electron chi connectivity index (χ2n) is 2.80. The van der Waals surface area contributed by atoms with Gasteiger partial charge in [-0.25, -0.2) is 0 Å². The van der Waals surface area contributed by atoms with E-state index >= 15 is 0 Å². The van der Waals surface area contributed by atoms with Gasteiger partial charge in [0.25, 0.3) is 0 Å². The fraction of sp³-hybridized carbons (Fsp3) is 0.500. The molecule has 0 fully saturated rings. The Kier molecular flexibility index (Phi) is 1.27. The smallest absolute Gasteiger partial charge is 0.108 e. The molecule has 10 heavy (non-hydrogen) atoms. The molecule has 0 aromatic carbocycles. The summed E-state index contributed by atoms with van der Waals surface area (Å²) in [5, 5.41) is 0. The van der Waals surface area contributed by atoms with Crippen LogP contribution in [0, 0.1) is 0 Å². The van der Waals surface area contributed by atoms with Crippen molar-refractivity contribution in [2.45, 2.75) is 25.3 Å². The zero-order valence-corrected chi connectivity index (χ0v) is 5.84. The lowest BCUT2D eigenvalue weighted by atomic mass is 9.94. The molecule has 0 aliphatic heterocycles. The van der Waals surface area contributed by atoms with Gasteiger partial charge in [-0.3, -0.25) is 0 Å². The molecule has 2 nitrogen and oxygen atoms in total. The molecule has 1 atom stereocenters. The van der Waals surface area contributed by atoms with E-state index in [1.807, 2.05) is 6.07 Å². The Morgan fingerprint density at radius 1 is 1.60 bits per heavy atom. The van der Waals surface area contributed by atoms with Gasteiger partial charge in [0.15, 0.2) is 0 Å². The lowest BCUT2D eigenvalue weighted by molar-refractivity contribution is 0.453. The normalized spacial score (nSPS) is 24.3. The molecule has 1 heterocycles. The first-order valence-corrected chi connectivity index (χ1v) is 3.70. The molecular weight excluding hydrogens is 126 g/mol. The molecule has 0 radical (unpaired) electrons. The summed E-state index contributed by atoms with van der Waals surface area (Å²) in [7, 11) is 0. The summed E-state index contributed by atoms with van der Waals surface area (Å²) in [4.78, 5) is 0. The van der Waals surface area contributed by atoms with Crippen molar-refractivity contribution in [2.75, 3.05) is 0 Å². The summed E-state index contributed by atoms with van der Waals surface area (Å²) in [5.74, 6) is 1.10. The number of hydrogen-bond donors (Lipinski definition) is 1. The SMILES string of the molecule is N[C@H]1CCCc2occc21. The molecular formula is C8H11NO. The number of fused-ring (bicyclic) bond motifs is 1. The third kappa shape index (κ3) is 0.762. The van der Waals surface area contributed by atoms with Gasteiger partial charge in [0.2, 0.25) is 0 Å². The monoisotopic (exact) mass is 137 g/mol. The largest absolute Gasteiger partial charge is 0.469 e. The molecule has 0 bridgehead atoms. The van der Waals surface area contributed by atoms with Crippen LogP contribution < -0.4 is 5.73 Å². The van der Waals surface area contributed by atoms with Crippen molar-refractivity contribution in [3.8, 4) is 0 Å². The number of furan rings is 1. The molecule has 0 amide bonds. The minimum absolute atomic E-state index is 0.225. The average Bonchev–Trinajstić information content (AvgIpc) is 2.36. The maximum absolute atomic E-state index is 5.83. The maximum Gasteiger partial charge on any atom is 0.108 e. The molecule has 0 spiro atoms. The molecule has 54 valence electrons. The van der Waals surface area contributed by atoms with Crippen LogP contribution in [0.5, 0.6) is 0 Å². The molecule has 2 rings (SSSR count). The molecule has 1 aliphatic rings. The van der Waals surface area contributed by atoms with Crippen LogP contribution >= 0.6 is 0 Å². The first kappa shape index (κ1) is 5.98. The number of hydrogen-bond acceptors (Lipinski definition) is 2. The van der Waals surface area contributed by atoms with Crippen molar-refractivity contribution in [3.05, 3.63) is 23.7 Å². The van der Waals surface area contributed by atoms with Crippen LogP contribution in [0.2, 0.25) is 0 Å². The zero-order chi connectivity index (χ0) is 6.97. The van der Waals surface area contributed by atoms with Crippen LogP contribution in [0.1, 0.15) is 30.2 Å². The summed E-state index contributed by atoms with van der Waals surface area (Å²) in [6, 6.07) is 2.21. The highest BCUT2D eigenvalue weighted by Crippen LogP contribution is 2.27. The van der Waals surface area contributed by atoms with Crippen LogP contribution in [0.4, 0.5) is 0 Å². The fourth-order valence-corrected chi connectivity index (χ4v) is 1.52. The van der Waals surface area contributed by atoms with E-state index < -0.39 is 0 Å². The van der Waals surface area contributed by atoms with Crippen LogP contribution in [0.15, 0.2) is 16.7 Å². The van der Waals surface area contributed by atoms with E-state index in [1.54, 1.807) is 6.26 Å². The molecule has 0 saturated carbocycles. The number of nitrogens with two attached hydrogens (primary N) is 1. The molecule has 1 aromatic rings. The van der Waals surface area contributed by atoms with Gasteiger partial charge in [0.05, 0.1) is 6.26 Å². The Morgan fingerprint density at radius 2 is 2.50 bits per heavy atom. The highest BCUT2D eigenvalue weighted by atomic mass is 16.3. The molecule has 1 aliphatic carbocycles. The van der Waals surface area contributed by atoms with Crippen molar-refractivity contribution in [1.82, 2.24) is 0 Å². The third-order valence-corrected chi connectivity index (χ3v) is 2.10. The van der Waals surface area contributed by atoms with Gasteiger partial charge in [-0.15, -0.1) is 0 Å². The summed E-state index contributed by atoms with van der Waals surface area (Å²) in [6.45, 7) is 0. The Hall–Kier alpha value is -0.760. The second-order valence-corrected chi connectivity index (χ2v) is 2.80. The van der Waals surface area contributed by atoms with E-state index in [0.717, 1.165) is 18.6 Å². The van der Waals surface area contributed by atoms with Crippen LogP contribution in [-0.2, 0) is 6.42 Å². The summed E-state index contributed by atoms with van der Waals surface area (Å²) < 4.78 is 5.25. The van der Waals surface area contributed by atoms with Gasteiger partial charge in [-0.05, 0) is 18.9 Å². The fourth-order valence-electron chi connectivity index (χ4n) is 1.52. The maximum atomic E-state index is 5.83.